The molecule has 1 heterocycles. The molecule has 0 atom stereocenters. The Morgan fingerprint density at radius 3 is 2.50 bits per heavy atom. The van der Waals surface area contributed by atoms with E-state index in [1.54, 1.807) is 6.92 Å². The molecule has 0 saturated carbocycles. The van der Waals surface area contributed by atoms with E-state index in [-0.39, 0.29) is 11.6 Å². The van der Waals surface area contributed by atoms with E-state index < -0.39 is 9.84 Å². The van der Waals surface area contributed by atoms with E-state index in [9.17, 15) is 8.42 Å². The van der Waals surface area contributed by atoms with Gasteiger partial charge in [-0.3, -0.25) is 0 Å². The van der Waals surface area contributed by atoms with Crippen LogP contribution in [0.25, 0.3) is 0 Å². The summed E-state index contributed by atoms with van der Waals surface area (Å²) in [5.74, 6) is 0. The third-order valence-corrected chi connectivity index (χ3v) is 2.70. The minimum atomic E-state index is -3.22. The average molecular weight is 160 g/mol. The molecular formula is C5H8N2O2S. The Morgan fingerprint density at radius 2 is 2.30 bits per heavy atom. The van der Waals surface area contributed by atoms with Gasteiger partial charge >= 0.3 is 0 Å². The molecule has 4 nitrogen and oxygen atoms in total. The summed E-state index contributed by atoms with van der Waals surface area (Å²) < 4.78 is 21.8. The smallest absolute Gasteiger partial charge is 0.216 e. The Kier molecular flexibility index (Phi) is 1.61. The predicted octanol–water partition coefficient (Wildman–Crippen LogP) is -0.367. The third-order valence-electron chi connectivity index (χ3n) is 1.13. The molecule has 0 bridgehead atoms. The molecule has 0 aromatic carbocycles. The van der Waals surface area contributed by atoms with Crippen LogP contribution in [0, 0.1) is 0 Å². The zero-order valence-electron chi connectivity index (χ0n) is 5.53. The minimum Gasteiger partial charge on any atom is -0.325 e. The molecule has 0 radical (unpaired) electrons. The molecule has 10 heavy (non-hydrogen) atoms. The third kappa shape index (κ3) is 1.10. The quantitative estimate of drug-likeness (QED) is 0.569. The van der Waals surface area contributed by atoms with Gasteiger partial charge < -0.3 is 5.73 Å². The number of allylic oxidation sites excluding steroid dienone is 1. The molecule has 2 N–H and O–H groups in total. The normalized spacial score (nSPS) is 22.2. The number of hydrogen-bond donors (Lipinski definition) is 1. The van der Waals surface area contributed by atoms with Crippen molar-refractivity contribution >= 4 is 14.9 Å². The van der Waals surface area contributed by atoms with Crippen LogP contribution in [0.2, 0.25) is 0 Å². The van der Waals surface area contributed by atoms with Crippen LogP contribution < -0.4 is 5.73 Å². The number of aliphatic imine (C=N–C) groups is 1. The summed E-state index contributed by atoms with van der Waals surface area (Å²) in [6, 6.07) is 0. The van der Waals surface area contributed by atoms with E-state index in [1.807, 2.05) is 0 Å². The number of nitrogens with zero attached hydrogens (tertiary/aromatic N) is 1. The van der Waals surface area contributed by atoms with E-state index >= 15 is 0 Å². The number of rotatable bonds is 1. The van der Waals surface area contributed by atoms with E-state index in [4.69, 9.17) is 5.73 Å². The lowest BCUT2D eigenvalue weighted by Crippen LogP contribution is -2.19. The van der Waals surface area contributed by atoms with Gasteiger partial charge in [-0.15, -0.1) is 0 Å². The number of hydrogen-bond acceptors (Lipinski definition) is 4. The van der Waals surface area contributed by atoms with Crippen LogP contribution in [0.5, 0.6) is 0 Å². The molecule has 1 aliphatic rings. The van der Waals surface area contributed by atoms with Gasteiger partial charge in [-0.2, -0.15) is 0 Å². The van der Waals surface area contributed by atoms with Gasteiger partial charge in [-0.05, 0) is 6.92 Å². The van der Waals surface area contributed by atoms with Crippen LogP contribution in [0.15, 0.2) is 16.1 Å². The van der Waals surface area contributed by atoms with Crippen molar-refractivity contribution in [2.24, 2.45) is 10.7 Å². The molecule has 56 valence electrons. The first-order valence-corrected chi connectivity index (χ1v) is 4.32. The first-order chi connectivity index (χ1) is 4.56. The first-order valence-electron chi connectivity index (χ1n) is 2.77. The summed E-state index contributed by atoms with van der Waals surface area (Å²) in [6.45, 7) is 1.61. The van der Waals surface area contributed by atoms with Gasteiger partial charge in [0, 0.05) is 6.54 Å². The topological polar surface area (TPSA) is 72.5 Å². The maximum absolute atomic E-state index is 10.9. The Bertz CT molecular complexity index is 300. The van der Waals surface area contributed by atoms with Crippen molar-refractivity contribution < 1.29 is 8.42 Å². The predicted molar refractivity (Wildman–Crippen MR) is 39.2 cm³/mol. The molecule has 5 heteroatoms. The standard InChI is InChI=1S/C5H8N2O2S/c1-4-3-10(8,9)5(2-6)7-4/h3H,2,6H2,1H3. The van der Waals surface area contributed by atoms with Gasteiger partial charge in [0.1, 0.15) is 5.04 Å². The summed E-state index contributed by atoms with van der Waals surface area (Å²) >= 11 is 0. The molecule has 0 aromatic heterocycles. The van der Waals surface area contributed by atoms with Crippen molar-refractivity contribution in [2.45, 2.75) is 6.92 Å². The first kappa shape index (κ1) is 7.43. The van der Waals surface area contributed by atoms with Gasteiger partial charge in [0.25, 0.3) is 0 Å². The highest BCUT2D eigenvalue weighted by molar-refractivity contribution is 8.09. The number of nitrogens with two attached hydrogens (primary N) is 1. The van der Waals surface area contributed by atoms with Crippen LogP contribution in [-0.2, 0) is 9.84 Å². The van der Waals surface area contributed by atoms with Gasteiger partial charge in [0.2, 0.25) is 9.84 Å². The minimum absolute atomic E-state index is 0.0177. The van der Waals surface area contributed by atoms with Crippen molar-refractivity contribution in [2.75, 3.05) is 6.54 Å². The van der Waals surface area contributed by atoms with E-state index in [2.05, 4.69) is 4.99 Å². The second-order valence-corrected chi connectivity index (χ2v) is 3.81. The van der Waals surface area contributed by atoms with Gasteiger partial charge in [-0.25, -0.2) is 13.4 Å². The van der Waals surface area contributed by atoms with Crippen LogP contribution in [0.4, 0.5) is 0 Å². The highest BCUT2D eigenvalue weighted by Crippen LogP contribution is 2.12. The van der Waals surface area contributed by atoms with E-state index in [0.29, 0.717) is 5.70 Å². The highest BCUT2D eigenvalue weighted by Gasteiger charge is 2.20. The zero-order chi connectivity index (χ0) is 7.78. The number of sulfone groups is 1. The van der Waals surface area contributed by atoms with Crippen LogP contribution in [-0.4, -0.2) is 20.0 Å². The fourth-order valence-electron chi connectivity index (χ4n) is 0.741. The molecule has 0 aliphatic carbocycles. The SMILES string of the molecule is CC1=CS(=O)(=O)C(CN)=N1. The maximum Gasteiger partial charge on any atom is 0.216 e. The Hall–Kier alpha value is -0.680. The molecule has 0 amide bonds. The fourth-order valence-corrected chi connectivity index (χ4v) is 1.88. The second kappa shape index (κ2) is 2.17. The van der Waals surface area contributed by atoms with Crippen molar-refractivity contribution in [1.82, 2.24) is 0 Å². The average Bonchev–Trinajstić information content (AvgIpc) is 2.04. The zero-order valence-corrected chi connectivity index (χ0v) is 6.35. The van der Waals surface area contributed by atoms with Crippen molar-refractivity contribution in [3.8, 4) is 0 Å². The van der Waals surface area contributed by atoms with Crippen LogP contribution in [0.1, 0.15) is 6.92 Å². The Morgan fingerprint density at radius 1 is 1.70 bits per heavy atom. The second-order valence-electron chi connectivity index (χ2n) is 2.01. The van der Waals surface area contributed by atoms with Crippen molar-refractivity contribution in [3.05, 3.63) is 11.1 Å². The fraction of sp³-hybridized carbons (Fsp3) is 0.400. The molecule has 0 saturated heterocycles. The van der Waals surface area contributed by atoms with Crippen LogP contribution in [0.3, 0.4) is 0 Å². The van der Waals surface area contributed by atoms with Gasteiger partial charge in [-0.1, -0.05) is 0 Å². The monoisotopic (exact) mass is 160 g/mol. The summed E-state index contributed by atoms with van der Waals surface area (Å²) in [7, 11) is -3.22. The van der Waals surface area contributed by atoms with Gasteiger partial charge in [0.05, 0.1) is 11.1 Å². The molecule has 0 fully saturated rings. The molecular weight excluding hydrogens is 152 g/mol. The van der Waals surface area contributed by atoms with Gasteiger partial charge in [0.15, 0.2) is 0 Å². The van der Waals surface area contributed by atoms with Crippen LogP contribution >= 0.6 is 0 Å². The lowest BCUT2D eigenvalue weighted by Gasteiger charge is -1.90. The summed E-state index contributed by atoms with van der Waals surface area (Å²) in [5.41, 5.74) is 5.63. The lowest BCUT2D eigenvalue weighted by atomic mass is 10.6. The van der Waals surface area contributed by atoms with E-state index in [0.717, 1.165) is 5.41 Å². The van der Waals surface area contributed by atoms with Crippen molar-refractivity contribution in [3.63, 3.8) is 0 Å². The lowest BCUT2D eigenvalue weighted by molar-refractivity contribution is 0.615. The summed E-state index contributed by atoms with van der Waals surface area (Å²) in [4.78, 5) is 3.72. The molecule has 0 unspecified atom stereocenters. The summed E-state index contributed by atoms with van der Waals surface area (Å²) in [5, 5.41) is 1.18. The highest BCUT2D eigenvalue weighted by atomic mass is 32.2. The van der Waals surface area contributed by atoms with Crippen molar-refractivity contribution in [1.29, 1.82) is 0 Å². The molecule has 1 rings (SSSR count). The Labute approximate surface area is 59.4 Å². The van der Waals surface area contributed by atoms with E-state index in [1.165, 1.54) is 0 Å². The maximum atomic E-state index is 10.9. The summed E-state index contributed by atoms with van der Waals surface area (Å²) in [6.07, 6.45) is 0. The molecule has 0 spiro atoms. The Balaban J connectivity index is 3.15. The molecule has 0 aromatic rings. The molecule has 1 aliphatic heterocycles. The largest absolute Gasteiger partial charge is 0.325 e.